The van der Waals surface area contributed by atoms with Crippen LogP contribution < -0.4 is 5.32 Å². The summed E-state index contributed by atoms with van der Waals surface area (Å²) in [7, 11) is 1.49. The predicted octanol–water partition coefficient (Wildman–Crippen LogP) is 3.46. The molecular weight excluding hydrogens is 501 g/mol. The molecule has 1 N–H and O–H groups in total. The van der Waals surface area contributed by atoms with Gasteiger partial charge in [-0.3, -0.25) is 24.1 Å². The number of fused-ring (bicyclic) bond motifs is 2. The molecule has 1 aliphatic heterocycles. The lowest BCUT2D eigenvalue weighted by atomic mass is 9.75. The molecule has 0 fully saturated rings. The molecule has 0 bridgehead atoms. The zero-order valence-electron chi connectivity index (χ0n) is 21.5. The first-order valence-corrected chi connectivity index (χ1v) is 12.7. The molecule has 0 saturated carbocycles. The lowest BCUT2D eigenvalue weighted by Gasteiger charge is -2.45. The third kappa shape index (κ3) is 4.93. The van der Waals surface area contributed by atoms with Crippen molar-refractivity contribution in [3.05, 3.63) is 101 Å². The van der Waals surface area contributed by atoms with Crippen LogP contribution in [0.15, 0.2) is 72.8 Å². The highest BCUT2D eigenvalue weighted by molar-refractivity contribution is 6.22. The van der Waals surface area contributed by atoms with E-state index in [0.717, 1.165) is 16.0 Å². The molecule has 0 spiro atoms. The van der Waals surface area contributed by atoms with Gasteiger partial charge in [0.15, 0.2) is 0 Å². The van der Waals surface area contributed by atoms with E-state index >= 15 is 0 Å². The fourth-order valence-electron chi connectivity index (χ4n) is 5.41. The smallest absolute Gasteiger partial charge is 0.262 e. The molecule has 1 aliphatic carbocycles. The Balaban J connectivity index is 1.50. The molecule has 5 rings (SSSR count). The SMILES string of the molecule is COCCN(C(=O)CN1C(=O)c2ccccc2C1=O)[C@]1(C(=O)Nc2ccc(F)cc2)CCc2ccccc2C1. The Hall–Kier alpha value is -4.37. The second-order valence-corrected chi connectivity index (χ2v) is 9.72. The Bertz CT molecular complexity index is 1410. The van der Waals surface area contributed by atoms with Gasteiger partial charge in [0.2, 0.25) is 5.91 Å². The van der Waals surface area contributed by atoms with E-state index in [9.17, 15) is 23.6 Å². The van der Waals surface area contributed by atoms with Gasteiger partial charge >= 0.3 is 0 Å². The maximum atomic E-state index is 14.1. The van der Waals surface area contributed by atoms with Crippen molar-refractivity contribution in [1.29, 1.82) is 0 Å². The molecule has 0 saturated heterocycles. The lowest BCUT2D eigenvalue weighted by Crippen LogP contribution is -2.64. The normalized spacial score (nSPS) is 17.9. The molecule has 0 radical (unpaired) electrons. The van der Waals surface area contributed by atoms with E-state index in [1.807, 2.05) is 24.3 Å². The second kappa shape index (κ2) is 10.8. The minimum absolute atomic E-state index is 0.0670. The first-order valence-electron chi connectivity index (χ1n) is 12.7. The highest BCUT2D eigenvalue weighted by atomic mass is 19.1. The van der Waals surface area contributed by atoms with E-state index in [0.29, 0.717) is 18.5 Å². The quantitative estimate of drug-likeness (QED) is 0.451. The van der Waals surface area contributed by atoms with Crippen molar-refractivity contribution in [2.45, 2.75) is 24.8 Å². The van der Waals surface area contributed by atoms with Gasteiger partial charge in [0.1, 0.15) is 17.9 Å². The maximum absolute atomic E-state index is 14.1. The molecule has 39 heavy (non-hydrogen) atoms. The standard InChI is InChI=1S/C30H28FN3O5/c1-39-17-16-34(26(35)19-33-27(36)24-8-4-5-9-25(24)28(33)37)30(15-14-20-6-2-3-7-21(20)18-30)29(38)32-23-12-10-22(31)11-13-23/h2-13H,14-19H2,1H3,(H,32,38)/t30-/m1/s1. The average Bonchev–Trinajstić information content (AvgIpc) is 3.19. The van der Waals surface area contributed by atoms with Gasteiger partial charge < -0.3 is 15.0 Å². The first-order chi connectivity index (χ1) is 18.8. The van der Waals surface area contributed by atoms with Crippen LogP contribution in [0.25, 0.3) is 0 Å². The number of benzene rings is 3. The summed E-state index contributed by atoms with van der Waals surface area (Å²) < 4.78 is 18.8. The number of ether oxygens (including phenoxy) is 1. The van der Waals surface area contributed by atoms with Crippen molar-refractivity contribution in [1.82, 2.24) is 9.80 Å². The largest absolute Gasteiger partial charge is 0.383 e. The van der Waals surface area contributed by atoms with Crippen LogP contribution in [0, 0.1) is 5.82 Å². The molecule has 3 aromatic carbocycles. The zero-order valence-corrected chi connectivity index (χ0v) is 21.5. The number of halogens is 1. The number of nitrogens with zero attached hydrogens (tertiary/aromatic N) is 2. The van der Waals surface area contributed by atoms with Gasteiger partial charge in [-0.15, -0.1) is 0 Å². The molecule has 4 amide bonds. The fourth-order valence-corrected chi connectivity index (χ4v) is 5.41. The minimum Gasteiger partial charge on any atom is -0.383 e. The van der Waals surface area contributed by atoms with Crippen molar-refractivity contribution in [2.24, 2.45) is 0 Å². The number of imide groups is 1. The lowest BCUT2D eigenvalue weighted by molar-refractivity contribution is -0.147. The van der Waals surface area contributed by atoms with Crippen LogP contribution in [-0.2, 0) is 27.2 Å². The van der Waals surface area contributed by atoms with Crippen LogP contribution in [0.1, 0.15) is 38.3 Å². The fraction of sp³-hybridized carbons (Fsp3) is 0.267. The Kier molecular flexibility index (Phi) is 7.26. The third-order valence-corrected chi connectivity index (χ3v) is 7.44. The molecule has 1 atom stereocenters. The molecule has 8 nitrogen and oxygen atoms in total. The Morgan fingerprint density at radius 1 is 0.949 bits per heavy atom. The number of hydrogen-bond donors (Lipinski definition) is 1. The van der Waals surface area contributed by atoms with Gasteiger partial charge in [0.25, 0.3) is 17.7 Å². The van der Waals surface area contributed by atoms with E-state index in [4.69, 9.17) is 4.74 Å². The Morgan fingerprint density at radius 3 is 2.21 bits per heavy atom. The molecule has 2 aliphatic rings. The maximum Gasteiger partial charge on any atom is 0.262 e. The summed E-state index contributed by atoms with van der Waals surface area (Å²) in [6.45, 7) is -0.304. The van der Waals surface area contributed by atoms with E-state index < -0.39 is 41.5 Å². The van der Waals surface area contributed by atoms with E-state index in [-0.39, 0.29) is 30.7 Å². The molecule has 9 heteroatoms. The molecule has 3 aromatic rings. The van der Waals surface area contributed by atoms with Crippen LogP contribution in [0.2, 0.25) is 0 Å². The monoisotopic (exact) mass is 529 g/mol. The Labute approximate surface area is 225 Å². The Morgan fingerprint density at radius 2 is 1.56 bits per heavy atom. The van der Waals surface area contributed by atoms with Crippen LogP contribution in [0.5, 0.6) is 0 Å². The number of aryl methyl sites for hydroxylation is 1. The van der Waals surface area contributed by atoms with Crippen LogP contribution in [-0.4, -0.2) is 65.8 Å². The van der Waals surface area contributed by atoms with E-state index in [1.165, 1.54) is 36.3 Å². The number of carbonyl (C=O) groups excluding carboxylic acids is 4. The molecule has 1 heterocycles. The first kappa shape index (κ1) is 26.2. The predicted molar refractivity (Wildman–Crippen MR) is 142 cm³/mol. The van der Waals surface area contributed by atoms with Gasteiger partial charge in [-0.1, -0.05) is 36.4 Å². The number of rotatable bonds is 8. The summed E-state index contributed by atoms with van der Waals surface area (Å²) in [4.78, 5) is 56.4. The summed E-state index contributed by atoms with van der Waals surface area (Å²) >= 11 is 0. The van der Waals surface area contributed by atoms with Gasteiger partial charge in [-0.2, -0.15) is 0 Å². The van der Waals surface area contributed by atoms with Crippen LogP contribution in [0.4, 0.5) is 10.1 Å². The zero-order chi connectivity index (χ0) is 27.6. The summed E-state index contributed by atoms with van der Waals surface area (Å²) in [5.74, 6) is -2.51. The van der Waals surface area contributed by atoms with E-state index in [2.05, 4.69) is 5.32 Å². The number of hydrogen-bond acceptors (Lipinski definition) is 5. The molecule has 0 unspecified atom stereocenters. The van der Waals surface area contributed by atoms with Gasteiger partial charge in [0.05, 0.1) is 17.7 Å². The number of amides is 4. The van der Waals surface area contributed by atoms with Crippen molar-refractivity contribution in [2.75, 3.05) is 32.1 Å². The topological polar surface area (TPSA) is 96.0 Å². The van der Waals surface area contributed by atoms with Gasteiger partial charge in [0, 0.05) is 25.8 Å². The van der Waals surface area contributed by atoms with E-state index in [1.54, 1.807) is 24.3 Å². The highest BCUT2D eigenvalue weighted by Gasteiger charge is 2.49. The summed E-state index contributed by atoms with van der Waals surface area (Å²) in [6.07, 6.45) is 1.08. The van der Waals surface area contributed by atoms with Crippen molar-refractivity contribution >= 4 is 29.3 Å². The van der Waals surface area contributed by atoms with Crippen molar-refractivity contribution < 1.29 is 28.3 Å². The van der Waals surface area contributed by atoms with Crippen LogP contribution >= 0.6 is 0 Å². The second-order valence-electron chi connectivity index (χ2n) is 9.72. The molecule has 0 aromatic heterocycles. The molecule has 200 valence electrons. The van der Waals surface area contributed by atoms with Gasteiger partial charge in [-0.05, 0) is 60.4 Å². The van der Waals surface area contributed by atoms with Gasteiger partial charge in [-0.25, -0.2) is 4.39 Å². The van der Waals surface area contributed by atoms with Crippen LogP contribution in [0.3, 0.4) is 0 Å². The summed E-state index contributed by atoms with van der Waals surface area (Å²) in [5.41, 5.74) is 1.55. The number of carbonyl (C=O) groups is 4. The number of anilines is 1. The third-order valence-electron chi connectivity index (χ3n) is 7.44. The number of methoxy groups -OCH3 is 1. The average molecular weight is 530 g/mol. The summed E-state index contributed by atoms with van der Waals surface area (Å²) in [5, 5.41) is 2.86. The molecular formula is C30H28FN3O5. The van der Waals surface area contributed by atoms with Crippen molar-refractivity contribution in [3.63, 3.8) is 0 Å². The highest BCUT2D eigenvalue weighted by Crippen LogP contribution is 2.35. The summed E-state index contributed by atoms with van der Waals surface area (Å²) in [6, 6.07) is 19.6. The van der Waals surface area contributed by atoms with Crippen molar-refractivity contribution in [3.8, 4) is 0 Å². The minimum atomic E-state index is -1.34. The number of nitrogens with one attached hydrogen (secondary N) is 1.